The number of nitrogen functional groups attached to an aromatic ring is 1. The van der Waals surface area contributed by atoms with Crippen LogP contribution in [0.1, 0.15) is 19.4 Å². The van der Waals surface area contributed by atoms with Crippen LogP contribution in [0.5, 0.6) is 0 Å². The van der Waals surface area contributed by atoms with Crippen LogP contribution < -0.4 is 11.1 Å². The number of imidazole rings is 1. The number of nitrogens with one attached hydrogen (secondary N) is 1. The highest BCUT2D eigenvalue weighted by molar-refractivity contribution is 5.94. The van der Waals surface area contributed by atoms with Gasteiger partial charge >= 0.3 is 12.1 Å². The number of carboxylic acids is 1. The van der Waals surface area contributed by atoms with Crippen molar-refractivity contribution in [3.8, 4) is 0 Å². The molecule has 0 fully saturated rings. The Balaban J connectivity index is 0.00000126. The number of anilines is 2. The van der Waals surface area contributed by atoms with E-state index in [1.807, 2.05) is 44.2 Å². The number of rotatable bonds is 5. The summed E-state index contributed by atoms with van der Waals surface area (Å²) >= 11 is 0. The molecule has 2 aromatic heterocycles. The third-order valence-electron chi connectivity index (χ3n) is 3.22. The zero-order valence-electron chi connectivity index (χ0n) is 14.9. The second-order valence-corrected chi connectivity index (χ2v) is 5.06. The van der Waals surface area contributed by atoms with Crippen molar-refractivity contribution in [2.75, 3.05) is 11.1 Å². The van der Waals surface area contributed by atoms with Crippen LogP contribution in [0.2, 0.25) is 0 Å². The smallest absolute Gasteiger partial charge is 0.413 e. The molecule has 2 heterocycles. The highest BCUT2D eigenvalue weighted by Crippen LogP contribution is 2.20. The normalized spacial score (nSPS) is 10.0. The molecule has 0 aliphatic heterocycles. The van der Waals surface area contributed by atoms with Gasteiger partial charge in [0.25, 0.3) is 0 Å². The van der Waals surface area contributed by atoms with Gasteiger partial charge in [-0.25, -0.2) is 9.78 Å². The van der Waals surface area contributed by atoms with Crippen molar-refractivity contribution in [3.05, 3.63) is 42.2 Å². The molecule has 10 nitrogen and oxygen atoms in total. The van der Waals surface area contributed by atoms with Crippen molar-refractivity contribution in [2.24, 2.45) is 0 Å². The molecule has 142 valence electrons. The van der Waals surface area contributed by atoms with Gasteiger partial charge in [0, 0.05) is 0 Å². The molecule has 0 aliphatic rings. The molecule has 1 amide bonds. The van der Waals surface area contributed by atoms with Gasteiger partial charge in [-0.15, -0.1) is 0 Å². The lowest BCUT2D eigenvalue weighted by Gasteiger charge is -2.08. The molecule has 0 saturated carbocycles. The first-order valence-corrected chi connectivity index (χ1v) is 8.21. The molecule has 0 unspecified atom stereocenters. The Morgan fingerprint density at radius 3 is 2.59 bits per heavy atom. The summed E-state index contributed by atoms with van der Waals surface area (Å²) in [7, 11) is 0. The number of carboxylic acid groups (broad SMARTS) is 1. The summed E-state index contributed by atoms with van der Waals surface area (Å²) in [4.78, 5) is 34.7. The van der Waals surface area contributed by atoms with E-state index in [4.69, 9.17) is 15.6 Å². The molecular formula is C17H20N6O4. The van der Waals surface area contributed by atoms with Gasteiger partial charge in [0.1, 0.15) is 13.2 Å². The number of amides is 1. The molecule has 3 aromatic rings. The van der Waals surface area contributed by atoms with Crippen LogP contribution in [0.4, 0.5) is 16.6 Å². The van der Waals surface area contributed by atoms with Gasteiger partial charge in [0.2, 0.25) is 5.95 Å². The van der Waals surface area contributed by atoms with Crippen molar-refractivity contribution >= 4 is 35.0 Å². The number of benzene rings is 1. The van der Waals surface area contributed by atoms with Gasteiger partial charge in [-0.3, -0.25) is 10.1 Å². The minimum Gasteiger partial charge on any atom is -0.480 e. The number of fused-ring (bicyclic) bond motifs is 1. The summed E-state index contributed by atoms with van der Waals surface area (Å²) in [6.45, 7) is 3.74. The van der Waals surface area contributed by atoms with Crippen LogP contribution in [0.15, 0.2) is 36.7 Å². The SMILES string of the molecule is CC.Nc1nc(NC(=O)OCc2ccccc2)c2ncn(CC(=O)O)c2n1. The number of carbonyl (C=O) groups is 2. The number of aromatic nitrogens is 4. The van der Waals surface area contributed by atoms with Crippen molar-refractivity contribution in [2.45, 2.75) is 27.0 Å². The van der Waals surface area contributed by atoms with Crippen LogP contribution >= 0.6 is 0 Å². The van der Waals surface area contributed by atoms with Gasteiger partial charge in [0.05, 0.1) is 6.33 Å². The number of carbonyl (C=O) groups excluding carboxylic acids is 1. The average molecular weight is 372 g/mol. The fourth-order valence-electron chi connectivity index (χ4n) is 2.17. The third kappa shape index (κ3) is 5.14. The topological polar surface area (TPSA) is 145 Å². The van der Waals surface area contributed by atoms with Crippen molar-refractivity contribution in [3.63, 3.8) is 0 Å². The highest BCUT2D eigenvalue weighted by atomic mass is 16.5. The van der Waals surface area contributed by atoms with E-state index in [9.17, 15) is 9.59 Å². The number of ether oxygens (including phenoxy) is 1. The largest absolute Gasteiger partial charge is 0.480 e. The molecule has 0 radical (unpaired) electrons. The standard InChI is InChI=1S/C15H14N6O4.C2H6/c16-14-18-12(11-13(20-14)21(8-17-11)6-10(22)23)19-15(24)25-7-9-4-2-1-3-5-9;1-2/h1-5,8H,6-7H2,(H,22,23)(H3,16,18,19,20,24);1-2H3. The summed E-state index contributed by atoms with van der Waals surface area (Å²) in [5.74, 6) is -1.14. The zero-order chi connectivity index (χ0) is 19.8. The summed E-state index contributed by atoms with van der Waals surface area (Å²) in [6.07, 6.45) is 0.545. The fraction of sp³-hybridized carbons (Fsp3) is 0.235. The van der Waals surface area contributed by atoms with Gasteiger partial charge in [-0.2, -0.15) is 9.97 Å². The van der Waals surface area contributed by atoms with Crippen LogP contribution in [0, 0.1) is 0 Å². The maximum Gasteiger partial charge on any atom is 0.413 e. The second kappa shape index (κ2) is 9.13. The van der Waals surface area contributed by atoms with E-state index in [-0.39, 0.29) is 36.1 Å². The molecule has 1 aromatic carbocycles. The molecule has 0 aliphatic carbocycles. The molecule has 0 bridgehead atoms. The molecule has 0 saturated heterocycles. The highest BCUT2D eigenvalue weighted by Gasteiger charge is 2.16. The Bertz CT molecular complexity index is 926. The average Bonchev–Trinajstić information content (AvgIpc) is 3.05. The maximum atomic E-state index is 12.0. The Morgan fingerprint density at radius 1 is 1.22 bits per heavy atom. The predicted octanol–water partition coefficient (Wildman–Crippen LogP) is 2.27. The van der Waals surface area contributed by atoms with Gasteiger partial charge in [-0.05, 0) is 5.56 Å². The van der Waals surface area contributed by atoms with E-state index >= 15 is 0 Å². The number of nitrogens with two attached hydrogens (primary N) is 1. The minimum absolute atomic E-state index is 0.0460. The molecule has 0 atom stereocenters. The van der Waals surface area contributed by atoms with Crippen molar-refractivity contribution in [1.82, 2.24) is 19.5 Å². The quantitative estimate of drug-likeness (QED) is 0.618. The summed E-state index contributed by atoms with van der Waals surface area (Å²) in [5.41, 5.74) is 6.87. The van der Waals surface area contributed by atoms with Gasteiger partial charge in [0.15, 0.2) is 17.0 Å². The summed E-state index contributed by atoms with van der Waals surface area (Å²) < 4.78 is 6.40. The Hall–Kier alpha value is -3.69. The van der Waals surface area contributed by atoms with E-state index in [1.54, 1.807) is 0 Å². The first-order valence-electron chi connectivity index (χ1n) is 8.21. The lowest BCUT2D eigenvalue weighted by molar-refractivity contribution is -0.137. The van der Waals surface area contributed by atoms with Crippen molar-refractivity contribution < 1.29 is 19.4 Å². The van der Waals surface area contributed by atoms with Gasteiger partial charge < -0.3 is 20.1 Å². The molecule has 10 heteroatoms. The maximum absolute atomic E-state index is 12.0. The number of hydrogen-bond acceptors (Lipinski definition) is 7. The van der Waals surface area contributed by atoms with E-state index in [1.165, 1.54) is 10.9 Å². The zero-order valence-corrected chi connectivity index (χ0v) is 14.9. The Morgan fingerprint density at radius 2 is 1.93 bits per heavy atom. The Kier molecular flexibility index (Phi) is 6.64. The van der Waals surface area contributed by atoms with Gasteiger partial charge in [-0.1, -0.05) is 44.2 Å². The Labute approximate surface area is 155 Å². The molecule has 0 spiro atoms. The molecular weight excluding hydrogens is 352 g/mol. The lowest BCUT2D eigenvalue weighted by atomic mass is 10.2. The first-order chi connectivity index (χ1) is 13.0. The molecule has 27 heavy (non-hydrogen) atoms. The monoisotopic (exact) mass is 372 g/mol. The summed E-state index contributed by atoms with van der Waals surface area (Å²) in [6, 6.07) is 9.17. The number of aliphatic carboxylic acids is 1. The van der Waals surface area contributed by atoms with Crippen LogP contribution in [-0.4, -0.2) is 36.7 Å². The van der Waals surface area contributed by atoms with Crippen LogP contribution in [0.3, 0.4) is 0 Å². The van der Waals surface area contributed by atoms with Crippen LogP contribution in [0.25, 0.3) is 11.2 Å². The van der Waals surface area contributed by atoms with E-state index in [0.29, 0.717) is 0 Å². The van der Waals surface area contributed by atoms with E-state index in [0.717, 1.165) is 5.56 Å². The number of hydrogen-bond donors (Lipinski definition) is 3. The van der Waals surface area contributed by atoms with E-state index in [2.05, 4.69) is 20.3 Å². The predicted molar refractivity (Wildman–Crippen MR) is 99.0 cm³/mol. The molecule has 4 N–H and O–H groups in total. The first kappa shape index (κ1) is 19.6. The minimum atomic E-state index is -1.06. The van der Waals surface area contributed by atoms with Crippen molar-refractivity contribution in [1.29, 1.82) is 0 Å². The number of nitrogens with zero attached hydrogens (tertiary/aromatic N) is 4. The van der Waals surface area contributed by atoms with E-state index < -0.39 is 12.1 Å². The van der Waals surface area contributed by atoms with Crippen LogP contribution in [-0.2, 0) is 22.7 Å². The summed E-state index contributed by atoms with van der Waals surface area (Å²) in [5, 5.41) is 11.3. The fourth-order valence-corrected chi connectivity index (χ4v) is 2.17. The molecule has 3 rings (SSSR count). The second-order valence-electron chi connectivity index (χ2n) is 5.06. The third-order valence-corrected chi connectivity index (χ3v) is 3.22. The lowest BCUT2D eigenvalue weighted by Crippen LogP contribution is -2.16.